The van der Waals surface area contributed by atoms with Crippen LogP contribution < -0.4 is 4.80 Å². The normalized spacial score (nSPS) is 13.9. The highest BCUT2D eigenvalue weighted by atomic mass is 35.6. The first-order valence-electron chi connectivity index (χ1n) is 6.91. The third kappa shape index (κ3) is 4.13. The minimum absolute atomic E-state index is 0.434. The lowest BCUT2D eigenvalue weighted by Gasteiger charge is -2.11. The van der Waals surface area contributed by atoms with Crippen LogP contribution in [0.5, 0.6) is 0 Å². The topological polar surface area (TPSA) is 30.2 Å². The van der Waals surface area contributed by atoms with Gasteiger partial charge in [0.2, 0.25) is 8.59 Å². The number of para-hydroxylation sites is 1. The standard InChI is InChI=1S/C16H11Cl4N3S/c17-14(16(18,19)20)22-15-21-13(11-7-3-1-4-8-11)23(24-15)12-9-5-2-6-10-12/h1-10,14H/b22-15-. The van der Waals surface area contributed by atoms with E-state index in [2.05, 4.69) is 9.98 Å². The van der Waals surface area contributed by atoms with E-state index < -0.39 is 9.29 Å². The van der Waals surface area contributed by atoms with Gasteiger partial charge in [-0.3, -0.25) is 0 Å². The number of aromatic nitrogens is 2. The SMILES string of the molecule is ClC(/N=c1/nc(-c2ccccc2)n(-c2ccccc2)s1)C(Cl)(Cl)Cl. The highest BCUT2D eigenvalue weighted by Gasteiger charge is 2.30. The van der Waals surface area contributed by atoms with Crippen LogP contribution in [0.4, 0.5) is 0 Å². The molecule has 1 heterocycles. The molecule has 1 atom stereocenters. The van der Waals surface area contributed by atoms with Crippen LogP contribution in [0, 0.1) is 0 Å². The molecule has 0 aliphatic carbocycles. The van der Waals surface area contributed by atoms with Crippen molar-refractivity contribution in [2.24, 2.45) is 4.99 Å². The van der Waals surface area contributed by atoms with Crippen LogP contribution in [0.3, 0.4) is 0 Å². The Labute approximate surface area is 163 Å². The molecule has 1 aromatic heterocycles. The molecule has 2 aromatic carbocycles. The summed E-state index contributed by atoms with van der Waals surface area (Å²) in [6.07, 6.45) is 0. The smallest absolute Gasteiger partial charge is 0.226 e. The van der Waals surface area contributed by atoms with Crippen LogP contribution in [0.2, 0.25) is 0 Å². The summed E-state index contributed by atoms with van der Waals surface area (Å²) in [6.45, 7) is 0. The Balaban J connectivity index is 2.15. The van der Waals surface area contributed by atoms with Crippen LogP contribution >= 0.6 is 57.9 Å². The molecule has 8 heteroatoms. The van der Waals surface area contributed by atoms with E-state index in [1.165, 1.54) is 11.5 Å². The summed E-state index contributed by atoms with van der Waals surface area (Å²) in [7, 11) is 0. The van der Waals surface area contributed by atoms with Gasteiger partial charge >= 0.3 is 0 Å². The van der Waals surface area contributed by atoms with Crippen LogP contribution in [0.1, 0.15) is 0 Å². The molecule has 0 spiro atoms. The molecule has 3 nitrogen and oxygen atoms in total. The van der Waals surface area contributed by atoms with Gasteiger partial charge in [-0.15, -0.1) is 0 Å². The zero-order valence-electron chi connectivity index (χ0n) is 12.1. The molecule has 0 bridgehead atoms. The zero-order chi connectivity index (χ0) is 17.2. The molecule has 0 aliphatic heterocycles. The molecule has 0 N–H and O–H groups in total. The van der Waals surface area contributed by atoms with E-state index in [9.17, 15) is 0 Å². The molecule has 124 valence electrons. The molecule has 1 unspecified atom stereocenters. The number of rotatable bonds is 3. The number of hydrogen-bond donors (Lipinski definition) is 0. The Morgan fingerprint density at radius 2 is 1.54 bits per heavy atom. The third-order valence-corrected chi connectivity index (χ3v) is 5.39. The van der Waals surface area contributed by atoms with Crippen molar-refractivity contribution in [2.75, 3.05) is 0 Å². The fourth-order valence-corrected chi connectivity index (χ4v) is 3.21. The Morgan fingerprint density at radius 3 is 2.12 bits per heavy atom. The van der Waals surface area contributed by atoms with Gasteiger partial charge in [0.05, 0.1) is 5.69 Å². The van der Waals surface area contributed by atoms with Crippen molar-refractivity contribution >= 4 is 57.9 Å². The molecule has 0 amide bonds. The molecular formula is C16H11Cl4N3S. The van der Waals surface area contributed by atoms with Crippen molar-refractivity contribution in [3.05, 3.63) is 65.5 Å². The maximum absolute atomic E-state index is 6.04. The lowest BCUT2D eigenvalue weighted by atomic mass is 10.2. The molecule has 3 aromatic rings. The van der Waals surface area contributed by atoms with Gasteiger partial charge in [0.25, 0.3) is 0 Å². The van der Waals surface area contributed by atoms with Gasteiger partial charge in [0, 0.05) is 5.56 Å². The second-order valence-electron chi connectivity index (χ2n) is 4.81. The summed E-state index contributed by atoms with van der Waals surface area (Å²) in [4.78, 5) is 9.22. The predicted molar refractivity (Wildman–Crippen MR) is 102 cm³/mol. The van der Waals surface area contributed by atoms with Crippen molar-refractivity contribution in [3.8, 4) is 17.1 Å². The van der Waals surface area contributed by atoms with Crippen molar-refractivity contribution in [1.82, 2.24) is 8.94 Å². The van der Waals surface area contributed by atoms with Gasteiger partial charge in [-0.05, 0) is 23.7 Å². The second kappa shape index (κ2) is 7.46. The lowest BCUT2D eigenvalue weighted by Crippen LogP contribution is -2.20. The van der Waals surface area contributed by atoms with Crippen molar-refractivity contribution < 1.29 is 0 Å². The molecule has 0 saturated carbocycles. The summed E-state index contributed by atoms with van der Waals surface area (Å²) in [6, 6.07) is 19.7. The highest BCUT2D eigenvalue weighted by Crippen LogP contribution is 2.34. The number of halogens is 4. The van der Waals surface area contributed by atoms with Crippen molar-refractivity contribution in [3.63, 3.8) is 0 Å². The van der Waals surface area contributed by atoms with E-state index >= 15 is 0 Å². The van der Waals surface area contributed by atoms with Gasteiger partial charge < -0.3 is 0 Å². The molecular weight excluding hydrogens is 408 g/mol. The second-order valence-corrected chi connectivity index (χ2v) is 8.51. The van der Waals surface area contributed by atoms with Crippen LogP contribution in [0.25, 0.3) is 17.1 Å². The number of benzene rings is 2. The first kappa shape index (κ1) is 17.8. The van der Waals surface area contributed by atoms with Gasteiger partial charge in [-0.2, -0.15) is 4.98 Å². The molecule has 3 rings (SSSR count). The molecule has 0 radical (unpaired) electrons. The van der Waals surface area contributed by atoms with Crippen LogP contribution in [0.15, 0.2) is 65.7 Å². The number of nitrogens with zero attached hydrogens (tertiary/aromatic N) is 3. The fourth-order valence-electron chi connectivity index (χ4n) is 2.01. The van der Waals surface area contributed by atoms with Crippen LogP contribution in [-0.2, 0) is 0 Å². The highest BCUT2D eigenvalue weighted by molar-refractivity contribution is 7.04. The monoisotopic (exact) mass is 417 g/mol. The fraction of sp³-hybridized carbons (Fsp3) is 0.125. The maximum Gasteiger partial charge on any atom is 0.226 e. The average molecular weight is 419 g/mol. The maximum atomic E-state index is 6.04. The summed E-state index contributed by atoms with van der Waals surface area (Å²) in [5.41, 5.74) is 0.899. The molecule has 0 aliphatic rings. The minimum Gasteiger partial charge on any atom is -0.246 e. The summed E-state index contributed by atoms with van der Waals surface area (Å²) >= 11 is 24.7. The van der Waals surface area contributed by atoms with E-state index in [-0.39, 0.29) is 0 Å². The van der Waals surface area contributed by atoms with Gasteiger partial charge in [0.15, 0.2) is 11.3 Å². The lowest BCUT2D eigenvalue weighted by molar-refractivity contribution is 0.890. The number of alkyl halides is 4. The molecule has 24 heavy (non-hydrogen) atoms. The Kier molecular flexibility index (Phi) is 5.52. The van der Waals surface area contributed by atoms with E-state index in [1.807, 2.05) is 64.6 Å². The minimum atomic E-state index is -1.70. The summed E-state index contributed by atoms with van der Waals surface area (Å²) < 4.78 is 0.272. The van der Waals surface area contributed by atoms with Crippen molar-refractivity contribution in [2.45, 2.75) is 9.29 Å². The van der Waals surface area contributed by atoms with E-state index in [0.717, 1.165) is 17.1 Å². The van der Waals surface area contributed by atoms with Gasteiger partial charge in [0.1, 0.15) is 0 Å². The average Bonchev–Trinajstić information content (AvgIpc) is 2.99. The number of hydrogen-bond acceptors (Lipinski definition) is 3. The van der Waals surface area contributed by atoms with Gasteiger partial charge in [-0.1, -0.05) is 94.9 Å². The largest absolute Gasteiger partial charge is 0.246 e. The first-order chi connectivity index (χ1) is 11.4. The Bertz CT molecular complexity index is 810. The van der Waals surface area contributed by atoms with Gasteiger partial charge in [-0.25, -0.2) is 8.95 Å². The quantitative estimate of drug-likeness (QED) is 0.411. The van der Waals surface area contributed by atoms with Crippen LogP contribution in [-0.4, -0.2) is 18.2 Å². The summed E-state index contributed by atoms with van der Waals surface area (Å²) in [5, 5.41) is 0. The third-order valence-electron chi connectivity index (χ3n) is 3.08. The van der Waals surface area contributed by atoms with Crippen molar-refractivity contribution in [1.29, 1.82) is 0 Å². The molecule has 0 saturated heterocycles. The predicted octanol–water partition coefficient (Wildman–Crippen LogP) is 5.44. The van der Waals surface area contributed by atoms with E-state index in [0.29, 0.717) is 4.80 Å². The van der Waals surface area contributed by atoms with E-state index in [4.69, 9.17) is 46.4 Å². The summed E-state index contributed by atoms with van der Waals surface area (Å²) in [5.74, 6) is 0.749. The molecule has 0 fully saturated rings. The Hall–Kier alpha value is -1.04. The first-order valence-corrected chi connectivity index (χ1v) is 9.25. The zero-order valence-corrected chi connectivity index (χ0v) is 16.0. The Morgan fingerprint density at radius 1 is 0.958 bits per heavy atom. The van der Waals surface area contributed by atoms with E-state index in [1.54, 1.807) is 0 Å².